The molecule has 2 aliphatic heterocycles. The molecule has 5 heterocycles. The van der Waals surface area contributed by atoms with Crippen molar-refractivity contribution in [3.05, 3.63) is 78.8 Å². The summed E-state index contributed by atoms with van der Waals surface area (Å²) in [6, 6.07) is 18.1. The molecule has 2 saturated heterocycles. The Morgan fingerprint density at radius 1 is 0.583 bits per heavy atom. The zero-order chi connectivity index (χ0) is 23.9. The summed E-state index contributed by atoms with van der Waals surface area (Å²) in [7, 11) is 0. The molecule has 0 saturated carbocycles. The normalized spacial score (nSPS) is 19.9. The van der Waals surface area contributed by atoms with Crippen LogP contribution in [-0.2, 0) is 0 Å². The monoisotopic (exact) mass is 475 g/mol. The van der Waals surface area contributed by atoms with Crippen molar-refractivity contribution in [2.75, 3.05) is 13.1 Å². The number of rotatable bonds is 5. The average molecular weight is 476 g/mol. The summed E-state index contributed by atoms with van der Waals surface area (Å²) in [6.45, 7) is 2.13. The van der Waals surface area contributed by atoms with Crippen molar-refractivity contribution in [1.29, 1.82) is 0 Å². The summed E-state index contributed by atoms with van der Waals surface area (Å²) in [4.78, 5) is 20.9. The first-order chi connectivity index (χ1) is 17.8. The fourth-order valence-electron chi connectivity index (χ4n) is 5.45. The minimum absolute atomic E-state index is 0.327. The molecule has 2 aromatic carbocycles. The van der Waals surface area contributed by atoms with Crippen molar-refractivity contribution in [2.45, 2.75) is 37.8 Å². The van der Waals surface area contributed by atoms with Crippen LogP contribution in [0.3, 0.4) is 0 Å². The second-order valence-corrected chi connectivity index (χ2v) is 9.87. The van der Waals surface area contributed by atoms with Gasteiger partial charge in [0.25, 0.3) is 0 Å². The van der Waals surface area contributed by atoms with Crippen LogP contribution in [0.2, 0.25) is 0 Å². The minimum atomic E-state index is 0.327. The molecule has 0 unspecified atom stereocenters. The topological polar surface area (TPSA) is 94.3 Å². The predicted molar refractivity (Wildman–Crippen MR) is 142 cm³/mol. The molecule has 2 aliphatic rings. The first kappa shape index (κ1) is 21.5. The standard InChI is InChI=1S/C29H29N7/c1-3-23(30-11-1)28-33-16-26(35-28)19-7-5-18(6-8-19)20-9-10-21-14-25(32-15-22(21)13-20)27-17-34-29(36-27)24-4-2-12-31-24/h5-10,13-17,23-24,30-31H,1-4,11-12H2,(H,33,35)(H,34,36)/t23-,24-/m0/s1. The molecule has 180 valence electrons. The van der Waals surface area contributed by atoms with Crippen molar-refractivity contribution < 1.29 is 0 Å². The molecule has 7 heteroatoms. The van der Waals surface area contributed by atoms with Gasteiger partial charge in [0.2, 0.25) is 0 Å². The van der Waals surface area contributed by atoms with Crippen LogP contribution in [0.25, 0.3) is 44.5 Å². The number of H-pyrrole nitrogens is 2. The zero-order valence-corrected chi connectivity index (χ0v) is 20.1. The number of hydrogen-bond acceptors (Lipinski definition) is 5. The van der Waals surface area contributed by atoms with E-state index in [4.69, 9.17) is 4.98 Å². The van der Waals surface area contributed by atoms with Crippen LogP contribution in [0.15, 0.2) is 67.1 Å². The van der Waals surface area contributed by atoms with Crippen LogP contribution in [0.5, 0.6) is 0 Å². The van der Waals surface area contributed by atoms with Gasteiger partial charge in [-0.15, -0.1) is 0 Å². The van der Waals surface area contributed by atoms with Crippen molar-refractivity contribution in [3.8, 4) is 33.8 Å². The van der Waals surface area contributed by atoms with E-state index in [0.717, 1.165) is 65.6 Å². The molecule has 7 nitrogen and oxygen atoms in total. The van der Waals surface area contributed by atoms with Gasteiger partial charge >= 0.3 is 0 Å². The highest BCUT2D eigenvalue weighted by molar-refractivity contribution is 5.89. The molecule has 4 N–H and O–H groups in total. The lowest BCUT2D eigenvalue weighted by Gasteiger charge is -2.08. The molecule has 0 amide bonds. The van der Waals surface area contributed by atoms with Crippen LogP contribution in [0.4, 0.5) is 0 Å². The first-order valence-corrected chi connectivity index (χ1v) is 12.9. The maximum Gasteiger partial charge on any atom is 0.123 e. The van der Waals surface area contributed by atoms with E-state index >= 15 is 0 Å². The van der Waals surface area contributed by atoms with Gasteiger partial charge in [-0.25, -0.2) is 9.97 Å². The zero-order valence-electron chi connectivity index (χ0n) is 20.1. The Morgan fingerprint density at radius 2 is 1.22 bits per heavy atom. The Balaban J connectivity index is 1.11. The van der Waals surface area contributed by atoms with Gasteiger partial charge in [0.05, 0.1) is 41.6 Å². The van der Waals surface area contributed by atoms with Crippen LogP contribution in [-0.4, -0.2) is 38.0 Å². The van der Waals surface area contributed by atoms with Crippen LogP contribution < -0.4 is 10.6 Å². The van der Waals surface area contributed by atoms with E-state index < -0.39 is 0 Å². The van der Waals surface area contributed by atoms with Gasteiger partial charge in [-0.1, -0.05) is 36.4 Å². The van der Waals surface area contributed by atoms with Gasteiger partial charge in [0.1, 0.15) is 11.6 Å². The van der Waals surface area contributed by atoms with Gasteiger partial charge in [0, 0.05) is 11.6 Å². The SMILES string of the molecule is c1cc(-c2cnc([C@@H]3CCCN3)[nH]2)ccc1-c1ccc2cc(-c3cnc([C@@H]4CCCN4)[nH]3)ncc2c1. The van der Waals surface area contributed by atoms with Gasteiger partial charge in [0.15, 0.2) is 0 Å². The average Bonchev–Trinajstić information content (AvgIpc) is 3.75. The van der Waals surface area contributed by atoms with Gasteiger partial charge in [-0.05, 0) is 73.0 Å². The molecular formula is C29H29N7. The summed E-state index contributed by atoms with van der Waals surface area (Å²) < 4.78 is 0. The molecule has 2 atom stereocenters. The largest absolute Gasteiger partial charge is 0.341 e. The van der Waals surface area contributed by atoms with Crippen LogP contribution in [0, 0.1) is 0 Å². The molecule has 0 aliphatic carbocycles. The third kappa shape index (κ3) is 4.00. The highest BCUT2D eigenvalue weighted by atomic mass is 15.0. The molecule has 36 heavy (non-hydrogen) atoms. The number of imidazole rings is 2. The number of hydrogen-bond donors (Lipinski definition) is 4. The smallest absolute Gasteiger partial charge is 0.123 e. The number of nitrogens with one attached hydrogen (secondary N) is 4. The van der Waals surface area contributed by atoms with E-state index in [1.165, 1.54) is 29.4 Å². The lowest BCUT2D eigenvalue weighted by atomic mass is 10.00. The number of pyridine rings is 1. The van der Waals surface area contributed by atoms with E-state index in [2.05, 4.69) is 79.1 Å². The third-order valence-electron chi connectivity index (χ3n) is 7.50. The quantitative estimate of drug-likeness (QED) is 0.268. The van der Waals surface area contributed by atoms with Crippen LogP contribution >= 0.6 is 0 Å². The van der Waals surface area contributed by atoms with Crippen molar-refractivity contribution in [2.24, 2.45) is 0 Å². The number of benzene rings is 2. The second kappa shape index (κ2) is 9.00. The molecule has 0 radical (unpaired) electrons. The lowest BCUT2D eigenvalue weighted by molar-refractivity contribution is 0.613. The van der Waals surface area contributed by atoms with Gasteiger partial charge < -0.3 is 20.6 Å². The van der Waals surface area contributed by atoms with E-state index in [-0.39, 0.29) is 0 Å². The van der Waals surface area contributed by atoms with Crippen molar-refractivity contribution in [3.63, 3.8) is 0 Å². The van der Waals surface area contributed by atoms with Crippen molar-refractivity contribution in [1.82, 2.24) is 35.6 Å². The molecule has 2 fully saturated rings. The molecule has 5 aromatic rings. The van der Waals surface area contributed by atoms with E-state index in [0.29, 0.717) is 12.1 Å². The summed E-state index contributed by atoms with van der Waals surface area (Å²) >= 11 is 0. The molecule has 3 aromatic heterocycles. The lowest BCUT2D eigenvalue weighted by Crippen LogP contribution is -2.14. The molecule has 0 spiro atoms. The number of fused-ring (bicyclic) bond motifs is 1. The summed E-state index contributed by atoms with van der Waals surface area (Å²) in [5, 5.41) is 9.29. The van der Waals surface area contributed by atoms with E-state index in [1.54, 1.807) is 0 Å². The summed E-state index contributed by atoms with van der Waals surface area (Å²) in [5.41, 5.74) is 6.46. The molecular weight excluding hydrogens is 446 g/mol. The Kier molecular flexibility index (Phi) is 5.37. The Labute approximate surface area is 209 Å². The predicted octanol–water partition coefficient (Wildman–Crippen LogP) is 5.53. The number of nitrogens with zero attached hydrogens (tertiary/aromatic N) is 3. The maximum atomic E-state index is 4.73. The summed E-state index contributed by atoms with van der Waals surface area (Å²) in [6.07, 6.45) is 10.5. The van der Waals surface area contributed by atoms with E-state index in [9.17, 15) is 0 Å². The first-order valence-electron chi connectivity index (χ1n) is 12.9. The maximum absolute atomic E-state index is 4.73. The van der Waals surface area contributed by atoms with Crippen LogP contribution in [0.1, 0.15) is 49.4 Å². The summed E-state index contributed by atoms with van der Waals surface area (Å²) in [5.74, 6) is 2.04. The number of aromatic amines is 2. The fraction of sp³-hybridized carbons (Fsp3) is 0.276. The molecule has 7 rings (SSSR count). The van der Waals surface area contributed by atoms with Gasteiger partial charge in [-0.3, -0.25) is 4.98 Å². The van der Waals surface area contributed by atoms with Gasteiger partial charge in [-0.2, -0.15) is 0 Å². The third-order valence-corrected chi connectivity index (χ3v) is 7.50. The Bertz CT molecular complexity index is 1500. The highest BCUT2D eigenvalue weighted by Crippen LogP contribution is 2.30. The highest BCUT2D eigenvalue weighted by Gasteiger charge is 2.20. The van der Waals surface area contributed by atoms with E-state index in [1.807, 2.05) is 18.6 Å². The van der Waals surface area contributed by atoms with Crippen molar-refractivity contribution >= 4 is 10.8 Å². The Morgan fingerprint density at radius 3 is 1.92 bits per heavy atom. The second-order valence-electron chi connectivity index (χ2n) is 9.87. The number of aromatic nitrogens is 5. The minimum Gasteiger partial charge on any atom is -0.341 e. The molecule has 0 bridgehead atoms. The Hall–Kier alpha value is -3.81. The fourth-order valence-corrected chi connectivity index (χ4v) is 5.45.